The highest BCUT2D eigenvalue weighted by molar-refractivity contribution is 6.03. The molecule has 0 unspecified atom stereocenters. The lowest BCUT2D eigenvalue weighted by molar-refractivity contribution is 0.102. The summed E-state index contributed by atoms with van der Waals surface area (Å²) >= 11 is 0. The van der Waals surface area contributed by atoms with E-state index in [1.54, 1.807) is 48.7 Å². The molecular formula is C19H15FN2O2. The third-order valence-corrected chi connectivity index (χ3v) is 3.32. The van der Waals surface area contributed by atoms with E-state index in [-0.39, 0.29) is 11.7 Å². The first-order chi connectivity index (χ1) is 11.6. The Morgan fingerprint density at radius 1 is 1.00 bits per heavy atom. The van der Waals surface area contributed by atoms with E-state index in [0.29, 0.717) is 22.9 Å². The molecule has 3 aromatic rings. The number of nitrogens with one attached hydrogen (secondary N) is 1. The van der Waals surface area contributed by atoms with E-state index in [9.17, 15) is 9.18 Å². The molecule has 0 aliphatic heterocycles. The van der Waals surface area contributed by atoms with Crippen molar-refractivity contribution < 1.29 is 13.9 Å². The second kappa shape index (κ2) is 6.91. The largest absolute Gasteiger partial charge is 0.457 e. The molecule has 24 heavy (non-hydrogen) atoms. The number of halogens is 1. The Balaban J connectivity index is 1.67. The fourth-order valence-electron chi connectivity index (χ4n) is 2.11. The smallest absolute Gasteiger partial charge is 0.256 e. The number of benzene rings is 2. The second-order valence-electron chi connectivity index (χ2n) is 5.25. The van der Waals surface area contributed by atoms with Gasteiger partial charge in [-0.1, -0.05) is 0 Å². The van der Waals surface area contributed by atoms with Crippen molar-refractivity contribution in [2.45, 2.75) is 6.92 Å². The van der Waals surface area contributed by atoms with Crippen LogP contribution in [-0.2, 0) is 0 Å². The Morgan fingerprint density at radius 3 is 2.25 bits per heavy atom. The number of nitrogens with zero attached hydrogens (tertiary/aromatic N) is 1. The van der Waals surface area contributed by atoms with Gasteiger partial charge in [0.1, 0.15) is 23.1 Å². The summed E-state index contributed by atoms with van der Waals surface area (Å²) < 4.78 is 18.5. The number of hydrogen-bond donors (Lipinski definition) is 1. The number of rotatable bonds is 4. The molecule has 0 atom stereocenters. The van der Waals surface area contributed by atoms with Crippen molar-refractivity contribution in [3.8, 4) is 11.5 Å². The van der Waals surface area contributed by atoms with Crippen LogP contribution in [0.2, 0.25) is 0 Å². The van der Waals surface area contributed by atoms with Crippen LogP contribution < -0.4 is 10.1 Å². The zero-order valence-electron chi connectivity index (χ0n) is 13.0. The van der Waals surface area contributed by atoms with Gasteiger partial charge in [0.05, 0.1) is 0 Å². The molecule has 1 heterocycles. The fourth-order valence-corrected chi connectivity index (χ4v) is 2.11. The Kier molecular flexibility index (Phi) is 4.52. The van der Waals surface area contributed by atoms with Gasteiger partial charge in [0, 0.05) is 11.8 Å². The minimum Gasteiger partial charge on any atom is -0.457 e. The maximum Gasteiger partial charge on any atom is 0.256 e. The van der Waals surface area contributed by atoms with Crippen LogP contribution in [0.15, 0.2) is 66.9 Å². The monoisotopic (exact) mass is 322 g/mol. The summed E-state index contributed by atoms with van der Waals surface area (Å²) in [6.45, 7) is 1.93. The van der Waals surface area contributed by atoms with Crippen LogP contribution in [0.1, 0.15) is 15.9 Å². The van der Waals surface area contributed by atoms with Crippen molar-refractivity contribution in [3.63, 3.8) is 0 Å². The van der Waals surface area contributed by atoms with E-state index in [1.807, 2.05) is 13.0 Å². The van der Waals surface area contributed by atoms with Crippen LogP contribution in [0.25, 0.3) is 0 Å². The maximum atomic E-state index is 12.9. The Bertz CT molecular complexity index is 846. The summed E-state index contributed by atoms with van der Waals surface area (Å²) in [5.41, 5.74) is 1.51. The SMILES string of the molecule is Cc1ccnc(NC(=O)c2ccc(Oc3ccc(F)cc3)cc2)c1. The molecular weight excluding hydrogens is 307 g/mol. The molecule has 3 rings (SSSR count). The van der Waals surface area contributed by atoms with Gasteiger partial charge in [0.15, 0.2) is 0 Å². The lowest BCUT2D eigenvalue weighted by Crippen LogP contribution is -2.12. The molecule has 0 aliphatic carbocycles. The molecule has 1 aromatic heterocycles. The van der Waals surface area contributed by atoms with Crippen molar-refractivity contribution in [1.29, 1.82) is 0 Å². The van der Waals surface area contributed by atoms with Gasteiger partial charge < -0.3 is 10.1 Å². The molecule has 0 spiro atoms. The zero-order valence-corrected chi connectivity index (χ0v) is 13.0. The van der Waals surface area contributed by atoms with Gasteiger partial charge in [0.25, 0.3) is 5.91 Å². The second-order valence-corrected chi connectivity index (χ2v) is 5.25. The van der Waals surface area contributed by atoms with Gasteiger partial charge in [-0.3, -0.25) is 4.79 Å². The zero-order chi connectivity index (χ0) is 16.9. The molecule has 120 valence electrons. The van der Waals surface area contributed by atoms with E-state index in [0.717, 1.165) is 5.56 Å². The number of aryl methyl sites for hydroxylation is 1. The number of carbonyl (C=O) groups is 1. The van der Waals surface area contributed by atoms with Crippen molar-refractivity contribution >= 4 is 11.7 Å². The first-order valence-corrected chi connectivity index (χ1v) is 7.38. The average molecular weight is 322 g/mol. The van der Waals surface area contributed by atoms with Gasteiger partial charge >= 0.3 is 0 Å². The van der Waals surface area contributed by atoms with Gasteiger partial charge in [-0.25, -0.2) is 9.37 Å². The number of aromatic nitrogens is 1. The summed E-state index contributed by atoms with van der Waals surface area (Å²) in [5.74, 6) is 1.02. The maximum absolute atomic E-state index is 12.9. The number of anilines is 1. The van der Waals surface area contributed by atoms with Crippen molar-refractivity contribution in [2.24, 2.45) is 0 Å². The predicted molar refractivity (Wildman–Crippen MR) is 89.8 cm³/mol. The van der Waals surface area contributed by atoms with E-state index < -0.39 is 0 Å². The average Bonchev–Trinajstić information content (AvgIpc) is 2.57. The quantitative estimate of drug-likeness (QED) is 0.765. The molecule has 0 radical (unpaired) electrons. The van der Waals surface area contributed by atoms with Crippen LogP contribution in [0.5, 0.6) is 11.5 Å². The highest BCUT2D eigenvalue weighted by Crippen LogP contribution is 2.22. The van der Waals surface area contributed by atoms with Crippen LogP contribution in [0.3, 0.4) is 0 Å². The molecule has 0 bridgehead atoms. The number of amides is 1. The summed E-state index contributed by atoms with van der Waals surface area (Å²) in [6.07, 6.45) is 1.64. The van der Waals surface area contributed by atoms with Gasteiger partial charge in [-0.15, -0.1) is 0 Å². The fraction of sp³-hybridized carbons (Fsp3) is 0.0526. The summed E-state index contributed by atoms with van der Waals surface area (Å²) in [4.78, 5) is 16.3. The highest BCUT2D eigenvalue weighted by atomic mass is 19.1. The van der Waals surface area contributed by atoms with E-state index >= 15 is 0 Å². The molecule has 0 aliphatic rings. The lowest BCUT2D eigenvalue weighted by Gasteiger charge is -2.08. The molecule has 1 amide bonds. The van der Waals surface area contributed by atoms with E-state index in [2.05, 4.69) is 10.3 Å². The molecule has 0 saturated heterocycles. The Labute approximate surface area is 138 Å². The summed E-state index contributed by atoms with van der Waals surface area (Å²) in [6, 6.07) is 16.1. The minimum atomic E-state index is -0.320. The van der Waals surface area contributed by atoms with Gasteiger partial charge in [0.2, 0.25) is 0 Å². The molecule has 0 saturated carbocycles. The van der Waals surface area contributed by atoms with Gasteiger partial charge in [-0.2, -0.15) is 0 Å². The first-order valence-electron chi connectivity index (χ1n) is 7.38. The standard InChI is InChI=1S/C19H15FN2O2/c1-13-10-11-21-18(12-13)22-19(23)14-2-6-16(7-3-14)24-17-8-4-15(20)5-9-17/h2-12H,1H3,(H,21,22,23). The molecule has 5 heteroatoms. The number of carbonyl (C=O) groups excluding carboxylic acids is 1. The van der Waals surface area contributed by atoms with Crippen LogP contribution in [-0.4, -0.2) is 10.9 Å². The third-order valence-electron chi connectivity index (χ3n) is 3.32. The third kappa shape index (κ3) is 3.95. The Morgan fingerprint density at radius 2 is 1.62 bits per heavy atom. The van der Waals surface area contributed by atoms with Crippen LogP contribution in [0, 0.1) is 12.7 Å². The van der Waals surface area contributed by atoms with Crippen LogP contribution >= 0.6 is 0 Å². The van der Waals surface area contributed by atoms with E-state index in [4.69, 9.17) is 4.74 Å². The highest BCUT2D eigenvalue weighted by Gasteiger charge is 2.07. The number of hydrogen-bond acceptors (Lipinski definition) is 3. The first kappa shape index (κ1) is 15.7. The summed E-state index contributed by atoms with van der Waals surface area (Å²) in [5, 5.41) is 2.74. The number of ether oxygens (including phenoxy) is 1. The van der Waals surface area contributed by atoms with Crippen molar-refractivity contribution in [2.75, 3.05) is 5.32 Å². The minimum absolute atomic E-state index is 0.249. The topological polar surface area (TPSA) is 51.2 Å². The van der Waals surface area contributed by atoms with E-state index in [1.165, 1.54) is 12.1 Å². The molecule has 0 fully saturated rings. The Hall–Kier alpha value is -3.21. The van der Waals surface area contributed by atoms with Crippen molar-refractivity contribution in [3.05, 3.63) is 83.8 Å². The molecule has 2 aromatic carbocycles. The molecule has 4 nitrogen and oxygen atoms in total. The predicted octanol–water partition coefficient (Wildman–Crippen LogP) is 4.57. The normalized spacial score (nSPS) is 10.2. The lowest BCUT2D eigenvalue weighted by atomic mass is 10.2. The summed E-state index contributed by atoms with van der Waals surface area (Å²) in [7, 11) is 0. The molecule has 1 N–H and O–H groups in total. The van der Waals surface area contributed by atoms with Gasteiger partial charge in [-0.05, 0) is 73.2 Å². The number of pyridine rings is 1. The van der Waals surface area contributed by atoms with Crippen LogP contribution in [0.4, 0.5) is 10.2 Å². The van der Waals surface area contributed by atoms with Crippen molar-refractivity contribution in [1.82, 2.24) is 4.98 Å².